The van der Waals surface area contributed by atoms with Gasteiger partial charge in [-0.1, -0.05) is 97.1 Å². The first-order chi connectivity index (χ1) is 20.4. The summed E-state index contributed by atoms with van der Waals surface area (Å²) in [5.41, 5.74) is 7.43. The summed E-state index contributed by atoms with van der Waals surface area (Å²) < 4.78 is 13.2. The normalized spacial score (nSPS) is 19.4. The Balaban J connectivity index is 1.35. The van der Waals surface area contributed by atoms with Gasteiger partial charge in [-0.15, -0.1) is 0 Å². The number of aliphatic hydroxyl groups is 1. The molecule has 0 bridgehead atoms. The minimum absolute atomic E-state index is 0.0187. The zero-order valence-corrected chi connectivity index (χ0v) is 24.6. The van der Waals surface area contributed by atoms with Crippen LogP contribution in [0.5, 0.6) is 0 Å². The van der Waals surface area contributed by atoms with Crippen molar-refractivity contribution in [3.63, 3.8) is 0 Å². The molecular formula is C36H40N2O4. The minimum Gasteiger partial charge on any atom is -0.392 e. The molecule has 0 radical (unpaired) electrons. The van der Waals surface area contributed by atoms with Gasteiger partial charge in [0.15, 0.2) is 6.29 Å². The summed E-state index contributed by atoms with van der Waals surface area (Å²) in [5.74, 6) is -0.0427. The Morgan fingerprint density at radius 2 is 1.60 bits per heavy atom. The number of aliphatic hydroxyl groups excluding tert-OH is 1. The summed E-state index contributed by atoms with van der Waals surface area (Å²) in [6, 6.07) is 35.3. The van der Waals surface area contributed by atoms with E-state index in [1.54, 1.807) is 0 Å². The van der Waals surface area contributed by atoms with E-state index in [-0.39, 0.29) is 30.8 Å². The van der Waals surface area contributed by atoms with E-state index in [1.807, 2.05) is 42.5 Å². The summed E-state index contributed by atoms with van der Waals surface area (Å²) in [7, 11) is 2.14. The van der Waals surface area contributed by atoms with Gasteiger partial charge in [-0.2, -0.15) is 0 Å². The predicted molar refractivity (Wildman–Crippen MR) is 165 cm³/mol. The average Bonchev–Trinajstić information content (AvgIpc) is 3.04. The largest absolute Gasteiger partial charge is 0.392 e. The lowest BCUT2D eigenvalue weighted by Crippen LogP contribution is -2.38. The van der Waals surface area contributed by atoms with Crippen LogP contribution in [0, 0.1) is 0 Å². The molecule has 0 unspecified atom stereocenters. The van der Waals surface area contributed by atoms with E-state index in [2.05, 4.69) is 84.9 Å². The molecule has 2 N–H and O–H groups in total. The first-order valence-corrected chi connectivity index (χ1v) is 14.6. The van der Waals surface area contributed by atoms with Gasteiger partial charge in [0.1, 0.15) is 0 Å². The number of nitrogens with zero attached hydrogens (tertiary/aromatic N) is 1. The molecule has 0 aliphatic carbocycles. The molecule has 6 heteroatoms. The van der Waals surface area contributed by atoms with Crippen LogP contribution in [0.25, 0.3) is 11.1 Å². The van der Waals surface area contributed by atoms with Gasteiger partial charge in [-0.3, -0.25) is 9.69 Å². The van der Waals surface area contributed by atoms with Gasteiger partial charge in [-0.25, -0.2) is 0 Å². The van der Waals surface area contributed by atoms with E-state index < -0.39 is 6.29 Å². The van der Waals surface area contributed by atoms with Crippen LogP contribution in [0.15, 0.2) is 103 Å². The number of carbonyl (C=O) groups is 1. The lowest BCUT2D eigenvalue weighted by Gasteiger charge is -2.39. The fraction of sp³-hybridized carbons (Fsp3) is 0.306. The smallest absolute Gasteiger partial charge is 0.217 e. The standard InChI is InChI=1S/C36H40N2O4/c1-25(29-9-5-4-6-10-29)38(3)23-34-21-35(31-14-12-27(24-39)13-15-31)42-36(41-34)32-18-16-30(17-19-32)33-11-7-8-28(20-33)22-37-26(2)40/h4-20,25,34-36,39H,21-24H2,1-3H3,(H,37,40)/t25-,34+,35-,36-/m0/s1. The second kappa shape index (κ2) is 13.9. The van der Waals surface area contributed by atoms with Gasteiger partial charge in [-0.05, 0) is 53.4 Å². The molecule has 218 valence electrons. The molecule has 0 saturated carbocycles. The van der Waals surface area contributed by atoms with Crippen molar-refractivity contribution in [3.05, 3.63) is 131 Å². The molecule has 4 atom stereocenters. The molecule has 1 amide bonds. The number of ether oxygens (including phenoxy) is 2. The molecule has 42 heavy (non-hydrogen) atoms. The van der Waals surface area contributed by atoms with Crippen LogP contribution in [0.1, 0.15) is 66.5 Å². The lowest BCUT2D eigenvalue weighted by atomic mass is 9.98. The van der Waals surface area contributed by atoms with Crippen molar-refractivity contribution < 1.29 is 19.4 Å². The van der Waals surface area contributed by atoms with E-state index in [9.17, 15) is 9.90 Å². The van der Waals surface area contributed by atoms with Crippen LogP contribution in [0.4, 0.5) is 0 Å². The number of carbonyl (C=O) groups excluding carboxylic acids is 1. The van der Waals surface area contributed by atoms with Crippen LogP contribution in [-0.4, -0.2) is 35.6 Å². The number of hydrogen-bond donors (Lipinski definition) is 2. The summed E-state index contributed by atoms with van der Waals surface area (Å²) in [5, 5.41) is 12.4. The Bertz CT molecular complexity index is 1440. The number of likely N-dealkylation sites (N-methyl/N-ethyl adjacent to an activating group) is 1. The van der Waals surface area contributed by atoms with Crippen LogP contribution in [-0.2, 0) is 27.4 Å². The number of amides is 1. The maximum atomic E-state index is 11.3. The number of nitrogens with one attached hydrogen (secondary N) is 1. The second-order valence-corrected chi connectivity index (χ2v) is 11.1. The minimum atomic E-state index is -0.508. The Morgan fingerprint density at radius 1 is 0.881 bits per heavy atom. The summed E-state index contributed by atoms with van der Waals surface area (Å²) in [6.45, 7) is 5.04. The molecule has 0 aromatic heterocycles. The quantitative estimate of drug-likeness (QED) is 0.224. The SMILES string of the molecule is CC(=O)NCc1cccc(-c2ccc([C@H]3O[C@@H](CN(C)[C@@H](C)c4ccccc4)C[C@@H](c4ccc(CO)cc4)O3)cc2)c1. The van der Waals surface area contributed by atoms with Crippen LogP contribution in [0.3, 0.4) is 0 Å². The molecule has 1 fully saturated rings. The van der Waals surface area contributed by atoms with E-state index >= 15 is 0 Å². The van der Waals surface area contributed by atoms with E-state index in [0.29, 0.717) is 6.54 Å². The number of hydrogen-bond acceptors (Lipinski definition) is 5. The predicted octanol–water partition coefficient (Wildman–Crippen LogP) is 6.72. The lowest BCUT2D eigenvalue weighted by molar-refractivity contribution is -0.253. The van der Waals surface area contributed by atoms with E-state index in [4.69, 9.17) is 9.47 Å². The second-order valence-electron chi connectivity index (χ2n) is 11.1. The van der Waals surface area contributed by atoms with Crippen LogP contribution >= 0.6 is 0 Å². The highest BCUT2D eigenvalue weighted by Gasteiger charge is 2.33. The summed E-state index contributed by atoms with van der Waals surface area (Å²) >= 11 is 0. The monoisotopic (exact) mass is 564 g/mol. The highest BCUT2D eigenvalue weighted by atomic mass is 16.7. The molecule has 1 aliphatic heterocycles. The first-order valence-electron chi connectivity index (χ1n) is 14.6. The highest BCUT2D eigenvalue weighted by Crippen LogP contribution is 2.39. The summed E-state index contributed by atoms with van der Waals surface area (Å²) in [6.07, 6.45) is 0.0615. The molecule has 1 saturated heterocycles. The Kier molecular flexibility index (Phi) is 9.82. The number of benzene rings is 4. The third kappa shape index (κ3) is 7.52. The molecule has 1 heterocycles. The van der Waals surface area contributed by atoms with E-state index in [0.717, 1.165) is 46.3 Å². The fourth-order valence-electron chi connectivity index (χ4n) is 5.42. The Hall–Kier alpha value is -3.81. The van der Waals surface area contributed by atoms with Gasteiger partial charge in [0.05, 0.1) is 18.8 Å². The molecule has 4 aromatic carbocycles. The van der Waals surface area contributed by atoms with Crippen molar-refractivity contribution in [3.8, 4) is 11.1 Å². The zero-order valence-electron chi connectivity index (χ0n) is 24.6. The molecule has 0 spiro atoms. The zero-order chi connectivity index (χ0) is 29.5. The third-order valence-corrected chi connectivity index (χ3v) is 8.03. The fourth-order valence-corrected chi connectivity index (χ4v) is 5.42. The van der Waals surface area contributed by atoms with Gasteiger partial charge in [0, 0.05) is 38.0 Å². The van der Waals surface area contributed by atoms with Crippen molar-refractivity contribution in [1.82, 2.24) is 10.2 Å². The molecule has 6 nitrogen and oxygen atoms in total. The Morgan fingerprint density at radius 3 is 2.29 bits per heavy atom. The maximum Gasteiger partial charge on any atom is 0.217 e. The van der Waals surface area contributed by atoms with Crippen LogP contribution in [0.2, 0.25) is 0 Å². The summed E-state index contributed by atoms with van der Waals surface area (Å²) in [4.78, 5) is 13.7. The molecule has 4 aromatic rings. The van der Waals surface area contributed by atoms with Crippen molar-refractivity contribution in [2.75, 3.05) is 13.6 Å². The molecule has 5 rings (SSSR count). The molecular weight excluding hydrogens is 524 g/mol. The Labute approximate surface area is 248 Å². The van der Waals surface area contributed by atoms with Crippen molar-refractivity contribution in [2.24, 2.45) is 0 Å². The maximum absolute atomic E-state index is 11.3. The van der Waals surface area contributed by atoms with Gasteiger partial charge >= 0.3 is 0 Å². The average molecular weight is 565 g/mol. The van der Waals surface area contributed by atoms with Crippen LogP contribution < -0.4 is 5.32 Å². The van der Waals surface area contributed by atoms with Gasteiger partial charge in [0.25, 0.3) is 0 Å². The van der Waals surface area contributed by atoms with Gasteiger partial charge in [0.2, 0.25) is 5.91 Å². The highest BCUT2D eigenvalue weighted by molar-refractivity contribution is 5.73. The topological polar surface area (TPSA) is 71.0 Å². The van der Waals surface area contributed by atoms with E-state index in [1.165, 1.54) is 12.5 Å². The van der Waals surface area contributed by atoms with Crippen molar-refractivity contribution in [2.45, 2.75) is 58.0 Å². The molecule has 1 aliphatic rings. The first kappa shape index (κ1) is 29.7. The third-order valence-electron chi connectivity index (χ3n) is 8.03. The van der Waals surface area contributed by atoms with Crippen molar-refractivity contribution in [1.29, 1.82) is 0 Å². The number of rotatable bonds is 10. The van der Waals surface area contributed by atoms with Gasteiger partial charge < -0.3 is 19.9 Å². The van der Waals surface area contributed by atoms with Crippen molar-refractivity contribution >= 4 is 5.91 Å².